The third-order valence-electron chi connectivity index (χ3n) is 3.80. The zero-order valence-electron chi connectivity index (χ0n) is 13.0. The molecule has 2 N–H and O–H groups in total. The van der Waals surface area contributed by atoms with Gasteiger partial charge in [-0.1, -0.05) is 42.5 Å². The Labute approximate surface area is 135 Å². The number of fused-ring (bicyclic) bond motifs is 1. The molecule has 0 saturated carbocycles. The van der Waals surface area contributed by atoms with Crippen molar-refractivity contribution >= 4 is 16.8 Å². The van der Waals surface area contributed by atoms with Crippen LogP contribution in [0.15, 0.2) is 67.0 Å². The van der Waals surface area contributed by atoms with Crippen molar-refractivity contribution in [3.8, 4) is 0 Å². The summed E-state index contributed by atoms with van der Waals surface area (Å²) in [6.45, 7) is 2.44. The van der Waals surface area contributed by atoms with Crippen molar-refractivity contribution in [1.82, 2.24) is 15.6 Å². The molecule has 1 aromatic heterocycles. The van der Waals surface area contributed by atoms with E-state index >= 15 is 0 Å². The number of aromatic nitrogens is 1. The number of hydrogen-bond acceptors (Lipinski definition) is 2. The molecule has 0 fully saturated rings. The molecule has 0 aliphatic rings. The lowest BCUT2D eigenvalue weighted by Gasteiger charge is -2.15. The molecule has 0 aliphatic heterocycles. The molecule has 0 radical (unpaired) electrons. The van der Waals surface area contributed by atoms with Crippen LogP contribution in [-0.4, -0.2) is 11.0 Å². The largest absolute Gasteiger partial charge is 0.334 e. The highest BCUT2D eigenvalue weighted by molar-refractivity contribution is 5.83. The van der Waals surface area contributed by atoms with Gasteiger partial charge in [0.05, 0.1) is 6.04 Å². The molecular weight excluding hydrogens is 286 g/mol. The average molecular weight is 305 g/mol. The molecule has 4 nitrogen and oxygen atoms in total. The molecule has 0 spiro atoms. The molecule has 2 aromatic carbocycles. The van der Waals surface area contributed by atoms with Gasteiger partial charge in [0, 0.05) is 18.9 Å². The van der Waals surface area contributed by atoms with E-state index in [9.17, 15) is 4.79 Å². The Morgan fingerprint density at radius 1 is 1.09 bits per heavy atom. The second-order valence-electron chi connectivity index (χ2n) is 5.52. The topological polar surface area (TPSA) is 54.0 Å². The first-order chi connectivity index (χ1) is 11.2. The van der Waals surface area contributed by atoms with E-state index in [1.54, 1.807) is 12.4 Å². The van der Waals surface area contributed by atoms with Crippen molar-refractivity contribution in [1.29, 1.82) is 0 Å². The fourth-order valence-electron chi connectivity index (χ4n) is 2.49. The van der Waals surface area contributed by atoms with Crippen molar-refractivity contribution in [2.75, 3.05) is 0 Å². The van der Waals surface area contributed by atoms with Crippen molar-refractivity contribution in [2.24, 2.45) is 0 Å². The van der Waals surface area contributed by atoms with E-state index in [0.717, 1.165) is 11.1 Å². The standard InChI is InChI=1S/C19H19N3O/c1-14(17-9-8-16-6-2-3-7-18(16)11-17)22-19(23)21-13-15-5-4-10-20-12-15/h2-12,14H,13H2,1H3,(H2,21,22,23)/t14-/m0/s1. The highest BCUT2D eigenvalue weighted by Crippen LogP contribution is 2.20. The van der Waals surface area contributed by atoms with Gasteiger partial charge >= 0.3 is 6.03 Å². The molecule has 3 aromatic rings. The molecule has 0 aliphatic carbocycles. The first-order valence-electron chi connectivity index (χ1n) is 7.64. The maximum atomic E-state index is 12.0. The molecule has 116 valence electrons. The third kappa shape index (κ3) is 3.86. The molecule has 0 unspecified atom stereocenters. The Balaban J connectivity index is 1.61. The Bertz CT molecular complexity index is 802. The van der Waals surface area contributed by atoms with Gasteiger partial charge in [0.1, 0.15) is 0 Å². The highest BCUT2D eigenvalue weighted by atomic mass is 16.2. The normalized spacial score (nSPS) is 11.9. The number of rotatable bonds is 4. The fourth-order valence-corrected chi connectivity index (χ4v) is 2.49. The van der Waals surface area contributed by atoms with Crippen LogP contribution in [0.3, 0.4) is 0 Å². The number of amides is 2. The number of carbonyl (C=O) groups excluding carboxylic acids is 1. The third-order valence-corrected chi connectivity index (χ3v) is 3.80. The number of nitrogens with one attached hydrogen (secondary N) is 2. The molecule has 3 rings (SSSR count). The van der Waals surface area contributed by atoms with E-state index < -0.39 is 0 Å². The maximum absolute atomic E-state index is 12.0. The quantitative estimate of drug-likeness (QED) is 0.770. The lowest BCUT2D eigenvalue weighted by Crippen LogP contribution is -2.36. The molecule has 1 heterocycles. The van der Waals surface area contributed by atoms with Crippen LogP contribution in [0, 0.1) is 0 Å². The number of urea groups is 1. The van der Waals surface area contributed by atoms with Crippen LogP contribution in [0.2, 0.25) is 0 Å². The monoisotopic (exact) mass is 305 g/mol. The second-order valence-corrected chi connectivity index (χ2v) is 5.52. The molecule has 4 heteroatoms. The summed E-state index contributed by atoms with van der Waals surface area (Å²) in [4.78, 5) is 16.0. The summed E-state index contributed by atoms with van der Waals surface area (Å²) in [5.41, 5.74) is 2.06. The predicted molar refractivity (Wildman–Crippen MR) is 92.0 cm³/mol. The van der Waals surface area contributed by atoms with Crippen LogP contribution in [0.25, 0.3) is 10.8 Å². The van der Waals surface area contributed by atoms with Gasteiger partial charge in [0.15, 0.2) is 0 Å². The zero-order chi connectivity index (χ0) is 16.1. The Morgan fingerprint density at radius 3 is 2.70 bits per heavy atom. The van der Waals surface area contributed by atoms with Crippen molar-refractivity contribution in [3.05, 3.63) is 78.1 Å². The minimum absolute atomic E-state index is 0.0616. The van der Waals surface area contributed by atoms with Gasteiger partial charge in [-0.2, -0.15) is 0 Å². The van der Waals surface area contributed by atoms with Gasteiger partial charge in [-0.05, 0) is 41.0 Å². The average Bonchev–Trinajstić information content (AvgIpc) is 2.60. The van der Waals surface area contributed by atoms with Crippen molar-refractivity contribution in [2.45, 2.75) is 19.5 Å². The molecule has 23 heavy (non-hydrogen) atoms. The number of pyridine rings is 1. The molecular formula is C19H19N3O. The summed E-state index contributed by atoms with van der Waals surface area (Å²) in [7, 11) is 0. The minimum atomic E-state index is -0.186. The van der Waals surface area contributed by atoms with Crippen LogP contribution >= 0.6 is 0 Å². The summed E-state index contributed by atoms with van der Waals surface area (Å²) < 4.78 is 0. The van der Waals surface area contributed by atoms with Gasteiger partial charge in [0.2, 0.25) is 0 Å². The van der Waals surface area contributed by atoms with E-state index in [1.165, 1.54) is 10.8 Å². The first kappa shape index (κ1) is 15.0. The summed E-state index contributed by atoms with van der Waals surface area (Å²) in [5.74, 6) is 0. The summed E-state index contributed by atoms with van der Waals surface area (Å²) in [5, 5.41) is 8.18. The van der Waals surface area contributed by atoms with Crippen molar-refractivity contribution < 1.29 is 4.79 Å². The molecule has 2 amide bonds. The number of carbonyl (C=O) groups is 1. The van der Waals surface area contributed by atoms with Crippen LogP contribution in [-0.2, 0) is 6.54 Å². The van der Waals surface area contributed by atoms with E-state index in [2.05, 4.69) is 39.9 Å². The molecule has 0 bridgehead atoms. The van der Waals surface area contributed by atoms with Gasteiger partial charge in [-0.15, -0.1) is 0 Å². The second kappa shape index (κ2) is 6.92. The van der Waals surface area contributed by atoms with Gasteiger partial charge < -0.3 is 10.6 Å². The van der Waals surface area contributed by atoms with Crippen molar-refractivity contribution in [3.63, 3.8) is 0 Å². The molecule has 1 atom stereocenters. The SMILES string of the molecule is C[C@H](NC(=O)NCc1cccnc1)c1ccc2ccccc2c1. The lowest BCUT2D eigenvalue weighted by atomic mass is 10.0. The van der Waals surface area contributed by atoms with Crippen LogP contribution in [0.5, 0.6) is 0 Å². The van der Waals surface area contributed by atoms with Gasteiger partial charge in [-0.25, -0.2) is 4.79 Å². The van der Waals surface area contributed by atoms with Crippen LogP contribution in [0.4, 0.5) is 4.79 Å². The summed E-state index contributed by atoms with van der Waals surface area (Å²) in [6.07, 6.45) is 3.46. The maximum Gasteiger partial charge on any atom is 0.315 e. The number of nitrogens with zero attached hydrogens (tertiary/aromatic N) is 1. The summed E-state index contributed by atoms with van der Waals surface area (Å²) in [6, 6.07) is 18.0. The summed E-state index contributed by atoms with van der Waals surface area (Å²) >= 11 is 0. The van der Waals surface area contributed by atoms with E-state index in [-0.39, 0.29) is 12.1 Å². The van der Waals surface area contributed by atoms with Crippen LogP contribution < -0.4 is 10.6 Å². The number of hydrogen-bond donors (Lipinski definition) is 2. The Morgan fingerprint density at radius 2 is 1.91 bits per heavy atom. The smallest absolute Gasteiger partial charge is 0.315 e. The Hall–Kier alpha value is -2.88. The fraction of sp³-hybridized carbons (Fsp3) is 0.158. The van der Waals surface area contributed by atoms with E-state index in [4.69, 9.17) is 0 Å². The van der Waals surface area contributed by atoms with Gasteiger partial charge in [0.25, 0.3) is 0 Å². The molecule has 0 saturated heterocycles. The minimum Gasteiger partial charge on any atom is -0.334 e. The number of benzene rings is 2. The van der Waals surface area contributed by atoms with E-state index in [0.29, 0.717) is 6.54 Å². The Kier molecular flexibility index (Phi) is 4.52. The first-order valence-corrected chi connectivity index (χ1v) is 7.64. The zero-order valence-corrected chi connectivity index (χ0v) is 13.0. The van der Waals surface area contributed by atoms with Crippen LogP contribution in [0.1, 0.15) is 24.1 Å². The predicted octanol–water partition coefficient (Wildman–Crippen LogP) is 3.80. The van der Waals surface area contributed by atoms with E-state index in [1.807, 2.05) is 37.3 Å². The van der Waals surface area contributed by atoms with Gasteiger partial charge in [-0.3, -0.25) is 4.98 Å². The lowest BCUT2D eigenvalue weighted by molar-refractivity contribution is 0.237. The highest BCUT2D eigenvalue weighted by Gasteiger charge is 2.09.